The molecule has 2 aliphatic rings. The summed E-state index contributed by atoms with van der Waals surface area (Å²) in [6.45, 7) is 2.04. The molecular formula is C20H20FN3O2S. The van der Waals surface area contributed by atoms with Crippen molar-refractivity contribution in [2.24, 2.45) is 0 Å². The highest BCUT2D eigenvalue weighted by Crippen LogP contribution is 2.37. The number of hydrogen-bond acceptors (Lipinski definition) is 3. The minimum Gasteiger partial charge on any atom is -0.338 e. The molecule has 0 aromatic heterocycles. The monoisotopic (exact) mass is 385 g/mol. The molecule has 5 nitrogen and oxygen atoms in total. The van der Waals surface area contributed by atoms with E-state index in [4.69, 9.17) is 0 Å². The molecule has 1 unspecified atom stereocenters. The Labute approximate surface area is 161 Å². The van der Waals surface area contributed by atoms with Crippen LogP contribution < -0.4 is 5.32 Å². The molecule has 0 spiro atoms. The van der Waals surface area contributed by atoms with Crippen LogP contribution in [0.5, 0.6) is 0 Å². The number of carbonyl (C=O) groups is 2. The van der Waals surface area contributed by atoms with Gasteiger partial charge in [-0.25, -0.2) is 9.18 Å². The first-order chi connectivity index (χ1) is 13.1. The molecule has 27 heavy (non-hydrogen) atoms. The summed E-state index contributed by atoms with van der Waals surface area (Å²) in [6, 6.07) is 13.6. The fraction of sp³-hybridized carbons (Fsp3) is 0.300. The molecule has 0 saturated carbocycles. The Balaban J connectivity index is 1.29. The number of carbonyl (C=O) groups excluding carboxylic acids is 2. The Hall–Kier alpha value is -2.54. The predicted octanol–water partition coefficient (Wildman–Crippen LogP) is 3.22. The van der Waals surface area contributed by atoms with Crippen LogP contribution in [0.2, 0.25) is 0 Å². The summed E-state index contributed by atoms with van der Waals surface area (Å²) in [5.74, 6) is -0.193. The number of piperazine rings is 1. The molecule has 4 rings (SSSR count). The zero-order valence-corrected chi connectivity index (χ0v) is 15.5. The van der Waals surface area contributed by atoms with E-state index in [0.717, 1.165) is 6.42 Å². The van der Waals surface area contributed by atoms with Gasteiger partial charge in [0.25, 0.3) is 0 Å². The van der Waals surface area contributed by atoms with E-state index in [0.29, 0.717) is 31.9 Å². The number of nitrogens with one attached hydrogen (secondary N) is 1. The second-order valence-electron chi connectivity index (χ2n) is 6.67. The van der Waals surface area contributed by atoms with Crippen molar-refractivity contribution in [3.8, 4) is 0 Å². The molecule has 140 valence electrons. The summed E-state index contributed by atoms with van der Waals surface area (Å²) in [4.78, 5) is 29.9. The largest absolute Gasteiger partial charge is 0.338 e. The van der Waals surface area contributed by atoms with Gasteiger partial charge in [-0.2, -0.15) is 0 Å². The van der Waals surface area contributed by atoms with Crippen LogP contribution in [-0.4, -0.2) is 53.2 Å². The predicted molar refractivity (Wildman–Crippen MR) is 103 cm³/mol. The van der Waals surface area contributed by atoms with Gasteiger partial charge in [0.05, 0.1) is 5.25 Å². The Morgan fingerprint density at radius 1 is 0.963 bits per heavy atom. The number of amides is 3. The first kappa shape index (κ1) is 17.9. The number of fused-ring (bicyclic) bond motifs is 1. The summed E-state index contributed by atoms with van der Waals surface area (Å²) in [6.07, 6.45) is 0.769. The van der Waals surface area contributed by atoms with Gasteiger partial charge in [-0.1, -0.05) is 18.2 Å². The summed E-state index contributed by atoms with van der Waals surface area (Å²) < 4.78 is 13.0. The molecule has 3 amide bonds. The van der Waals surface area contributed by atoms with E-state index in [1.165, 1.54) is 34.7 Å². The van der Waals surface area contributed by atoms with Crippen LogP contribution >= 0.6 is 11.8 Å². The summed E-state index contributed by atoms with van der Waals surface area (Å²) in [5.41, 5.74) is 1.79. The number of benzene rings is 2. The average molecular weight is 385 g/mol. The average Bonchev–Trinajstić information content (AvgIpc) is 3.13. The molecule has 2 aromatic rings. The van der Waals surface area contributed by atoms with Gasteiger partial charge in [-0.05, 0) is 42.3 Å². The lowest BCUT2D eigenvalue weighted by Crippen LogP contribution is -2.53. The van der Waals surface area contributed by atoms with E-state index in [9.17, 15) is 14.0 Å². The Kier molecular flexibility index (Phi) is 5.03. The molecule has 1 N–H and O–H groups in total. The third-order valence-corrected chi connectivity index (χ3v) is 6.20. The van der Waals surface area contributed by atoms with E-state index in [-0.39, 0.29) is 23.0 Å². The molecule has 2 heterocycles. The minimum absolute atomic E-state index is 0.0676. The van der Waals surface area contributed by atoms with Gasteiger partial charge in [0.2, 0.25) is 5.91 Å². The lowest BCUT2D eigenvalue weighted by atomic mass is 10.1. The highest BCUT2D eigenvalue weighted by Gasteiger charge is 2.33. The normalized spacial score (nSPS) is 18.9. The first-order valence-electron chi connectivity index (χ1n) is 8.95. The van der Waals surface area contributed by atoms with Gasteiger partial charge >= 0.3 is 6.03 Å². The molecule has 0 aliphatic carbocycles. The van der Waals surface area contributed by atoms with E-state index >= 15 is 0 Å². The van der Waals surface area contributed by atoms with Crippen LogP contribution in [0.15, 0.2) is 53.4 Å². The van der Waals surface area contributed by atoms with Crippen molar-refractivity contribution in [2.45, 2.75) is 16.6 Å². The number of thioether (sulfide) groups is 1. The molecule has 2 aliphatic heterocycles. The van der Waals surface area contributed by atoms with Crippen molar-refractivity contribution in [1.29, 1.82) is 0 Å². The molecular weight excluding hydrogens is 365 g/mol. The van der Waals surface area contributed by atoms with Gasteiger partial charge in [-0.3, -0.25) is 4.79 Å². The quantitative estimate of drug-likeness (QED) is 0.864. The molecule has 0 bridgehead atoms. The topological polar surface area (TPSA) is 52.7 Å². The van der Waals surface area contributed by atoms with E-state index in [2.05, 4.69) is 17.4 Å². The van der Waals surface area contributed by atoms with Crippen LogP contribution in [0.25, 0.3) is 0 Å². The standard InChI is InChI=1S/C20H20FN3O2S/c21-15-5-7-16(8-6-15)22-20(26)24-11-9-23(10-12-24)19(25)18-13-14-3-1-2-4-17(14)27-18/h1-8,18H,9-13H2,(H,22,26). The van der Waals surface area contributed by atoms with Gasteiger partial charge < -0.3 is 15.1 Å². The van der Waals surface area contributed by atoms with Gasteiger partial charge in [-0.15, -0.1) is 11.8 Å². The van der Waals surface area contributed by atoms with Crippen molar-refractivity contribution in [3.05, 3.63) is 59.9 Å². The van der Waals surface area contributed by atoms with Crippen LogP contribution in [0, 0.1) is 5.82 Å². The molecule has 1 atom stereocenters. The van der Waals surface area contributed by atoms with Crippen LogP contribution in [0.3, 0.4) is 0 Å². The number of nitrogens with zero attached hydrogens (tertiary/aromatic N) is 2. The highest BCUT2D eigenvalue weighted by molar-refractivity contribution is 8.01. The zero-order chi connectivity index (χ0) is 18.8. The minimum atomic E-state index is -0.341. The molecule has 1 fully saturated rings. The Bertz CT molecular complexity index is 826. The van der Waals surface area contributed by atoms with Crippen molar-refractivity contribution >= 4 is 29.4 Å². The van der Waals surface area contributed by atoms with Crippen molar-refractivity contribution in [1.82, 2.24) is 9.80 Å². The van der Waals surface area contributed by atoms with E-state index in [1.807, 2.05) is 17.0 Å². The number of hydrogen-bond donors (Lipinski definition) is 1. The molecule has 0 radical (unpaired) electrons. The number of halogens is 1. The third kappa shape index (κ3) is 3.93. The first-order valence-corrected chi connectivity index (χ1v) is 9.83. The highest BCUT2D eigenvalue weighted by atomic mass is 32.2. The zero-order valence-electron chi connectivity index (χ0n) is 14.7. The number of anilines is 1. The van der Waals surface area contributed by atoms with Crippen molar-refractivity contribution < 1.29 is 14.0 Å². The summed E-state index contributed by atoms with van der Waals surface area (Å²) >= 11 is 1.63. The smallest absolute Gasteiger partial charge is 0.321 e. The van der Waals surface area contributed by atoms with Crippen LogP contribution in [-0.2, 0) is 11.2 Å². The second-order valence-corrected chi connectivity index (χ2v) is 7.91. The number of urea groups is 1. The number of rotatable bonds is 2. The second kappa shape index (κ2) is 7.60. The van der Waals surface area contributed by atoms with E-state index in [1.54, 1.807) is 16.7 Å². The maximum absolute atomic E-state index is 13.0. The summed E-state index contributed by atoms with van der Waals surface area (Å²) in [7, 11) is 0. The fourth-order valence-electron chi connectivity index (χ4n) is 3.39. The van der Waals surface area contributed by atoms with Crippen LogP contribution in [0.4, 0.5) is 14.9 Å². The van der Waals surface area contributed by atoms with Crippen molar-refractivity contribution in [2.75, 3.05) is 31.5 Å². The van der Waals surface area contributed by atoms with Crippen molar-refractivity contribution in [3.63, 3.8) is 0 Å². The van der Waals surface area contributed by atoms with Gasteiger partial charge in [0, 0.05) is 36.8 Å². The SMILES string of the molecule is O=C(Nc1ccc(F)cc1)N1CCN(C(=O)C2Cc3ccccc3S2)CC1. The molecule has 2 aromatic carbocycles. The lowest BCUT2D eigenvalue weighted by molar-refractivity contribution is -0.131. The third-order valence-electron chi connectivity index (χ3n) is 4.90. The van der Waals surface area contributed by atoms with Crippen LogP contribution in [0.1, 0.15) is 5.56 Å². The van der Waals surface area contributed by atoms with Gasteiger partial charge in [0.15, 0.2) is 0 Å². The Morgan fingerprint density at radius 2 is 1.63 bits per heavy atom. The van der Waals surface area contributed by atoms with E-state index < -0.39 is 0 Å². The maximum Gasteiger partial charge on any atom is 0.321 e. The lowest BCUT2D eigenvalue weighted by Gasteiger charge is -2.35. The Morgan fingerprint density at radius 3 is 2.33 bits per heavy atom. The van der Waals surface area contributed by atoms with Gasteiger partial charge in [0.1, 0.15) is 5.82 Å². The summed E-state index contributed by atoms with van der Waals surface area (Å²) in [5, 5.41) is 2.70. The maximum atomic E-state index is 13.0. The molecule has 1 saturated heterocycles. The molecule has 7 heteroatoms. The fourth-order valence-corrected chi connectivity index (χ4v) is 4.67.